The molecule has 24 heavy (non-hydrogen) atoms. The third kappa shape index (κ3) is 4.24. The highest BCUT2D eigenvalue weighted by molar-refractivity contribution is 9.10. The third-order valence-electron chi connectivity index (χ3n) is 3.15. The van der Waals surface area contributed by atoms with Crippen LogP contribution in [0, 0.1) is 17.1 Å². The van der Waals surface area contributed by atoms with E-state index in [2.05, 4.69) is 21.2 Å². The van der Waals surface area contributed by atoms with Gasteiger partial charge in [-0.25, -0.2) is 4.39 Å². The molecule has 0 fully saturated rings. The maximum absolute atomic E-state index is 13.1. The van der Waals surface area contributed by atoms with Gasteiger partial charge in [-0.2, -0.15) is 5.26 Å². The summed E-state index contributed by atoms with van der Waals surface area (Å²) in [5, 5.41) is 11.6. The summed E-state index contributed by atoms with van der Waals surface area (Å²) in [5.41, 5.74) is 0.760. The Bertz CT molecular complexity index is 805. The molecule has 1 N–H and O–H groups in total. The summed E-state index contributed by atoms with van der Waals surface area (Å²) in [7, 11) is 1.46. The Morgan fingerprint density at radius 3 is 2.62 bits per heavy atom. The van der Waals surface area contributed by atoms with Gasteiger partial charge in [0.2, 0.25) is 0 Å². The lowest BCUT2D eigenvalue weighted by molar-refractivity contribution is -0.122. The van der Waals surface area contributed by atoms with Crippen LogP contribution in [0.4, 0.5) is 10.1 Å². The van der Waals surface area contributed by atoms with Crippen LogP contribution in [-0.4, -0.2) is 19.1 Å². The maximum Gasteiger partial charge on any atom is 0.265 e. The highest BCUT2D eigenvalue weighted by atomic mass is 79.9. The average molecular weight is 393 g/mol. The molecular formula is C17H14BrFN2O3. The first-order valence-corrected chi connectivity index (χ1v) is 7.74. The molecule has 2 aromatic rings. The summed E-state index contributed by atoms with van der Waals surface area (Å²) < 4.78 is 24.2. The summed E-state index contributed by atoms with van der Waals surface area (Å²) in [4.78, 5) is 12.3. The second kappa shape index (κ2) is 7.79. The van der Waals surface area contributed by atoms with Crippen molar-refractivity contribution in [2.75, 3.05) is 12.4 Å². The zero-order valence-corrected chi connectivity index (χ0v) is 14.6. The van der Waals surface area contributed by atoms with Crippen LogP contribution >= 0.6 is 15.9 Å². The van der Waals surface area contributed by atoms with E-state index in [4.69, 9.17) is 14.7 Å². The Balaban J connectivity index is 2.13. The molecule has 0 aliphatic carbocycles. The number of carbonyl (C=O) groups excluding carboxylic acids is 1. The summed E-state index contributed by atoms with van der Waals surface area (Å²) in [6, 6.07) is 10.6. The fourth-order valence-electron chi connectivity index (χ4n) is 1.92. The van der Waals surface area contributed by atoms with Crippen molar-refractivity contribution in [1.82, 2.24) is 0 Å². The van der Waals surface area contributed by atoms with Crippen molar-refractivity contribution in [3.63, 3.8) is 0 Å². The minimum absolute atomic E-state index is 0.344. The fraction of sp³-hybridized carbons (Fsp3) is 0.176. The van der Waals surface area contributed by atoms with E-state index < -0.39 is 17.8 Å². The predicted octanol–water partition coefficient (Wildman–Crippen LogP) is 3.87. The predicted molar refractivity (Wildman–Crippen MR) is 90.5 cm³/mol. The lowest BCUT2D eigenvalue weighted by atomic mass is 10.2. The van der Waals surface area contributed by atoms with Crippen molar-refractivity contribution >= 4 is 27.5 Å². The van der Waals surface area contributed by atoms with E-state index in [0.717, 1.165) is 0 Å². The van der Waals surface area contributed by atoms with Gasteiger partial charge in [0.1, 0.15) is 17.3 Å². The molecule has 0 saturated heterocycles. The van der Waals surface area contributed by atoms with E-state index in [-0.39, 0.29) is 0 Å². The molecule has 0 spiro atoms. The standard InChI is InChI=1S/C17H14BrFN2O3/c1-10(24-15-6-4-12(19)8-13(15)18)17(22)21-14-7-11(9-20)3-5-16(14)23-2/h3-8,10H,1-2H3,(H,21,22). The number of rotatable bonds is 5. The van der Waals surface area contributed by atoms with Crippen molar-refractivity contribution < 1.29 is 18.7 Å². The quantitative estimate of drug-likeness (QED) is 0.837. The molecule has 7 heteroatoms. The second-order valence-corrected chi connectivity index (χ2v) is 5.71. The Morgan fingerprint density at radius 2 is 2.00 bits per heavy atom. The largest absolute Gasteiger partial charge is 0.495 e. The minimum atomic E-state index is -0.845. The number of carbonyl (C=O) groups is 1. The first kappa shape index (κ1) is 17.8. The van der Waals surface area contributed by atoms with Gasteiger partial charge in [-0.3, -0.25) is 4.79 Å². The fourth-order valence-corrected chi connectivity index (χ4v) is 2.37. The van der Waals surface area contributed by atoms with Gasteiger partial charge in [-0.1, -0.05) is 0 Å². The molecule has 5 nitrogen and oxygen atoms in total. The number of nitrogens with zero attached hydrogens (tertiary/aromatic N) is 1. The minimum Gasteiger partial charge on any atom is -0.495 e. The molecular weight excluding hydrogens is 379 g/mol. The molecule has 0 radical (unpaired) electrons. The highest BCUT2D eigenvalue weighted by Crippen LogP contribution is 2.28. The van der Waals surface area contributed by atoms with Crippen LogP contribution < -0.4 is 14.8 Å². The number of nitriles is 1. The maximum atomic E-state index is 13.1. The molecule has 1 amide bonds. The SMILES string of the molecule is COc1ccc(C#N)cc1NC(=O)C(C)Oc1ccc(F)cc1Br. The third-order valence-corrected chi connectivity index (χ3v) is 3.77. The molecule has 0 heterocycles. The number of benzene rings is 2. The van der Waals surface area contributed by atoms with Gasteiger partial charge in [0, 0.05) is 0 Å². The van der Waals surface area contributed by atoms with E-state index in [1.165, 1.54) is 31.4 Å². The molecule has 1 atom stereocenters. The summed E-state index contributed by atoms with van der Waals surface area (Å²) in [5.74, 6) is -0.0710. The number of ether oxygens (including phenoxy) is 2. The number of amides is 1. The Hall–Kier alpha value is -2.59. The number of halogens is 2. The zero-order valence-electron chi connectivity index (χ0n) is 13.0. The molecule has 0 saturated carbocycles. The first-order valence-electron chi connectivity index (χ1n) is 6.95. The van der Waals surface area contributed by atoms with Gasteiger partial charge >= 0.3 is 0 Å². The monoisotopic (exact) mass is 392 g/mol. The normalized spacial score (nSPS) is 11.3. The highest BCUT2D eigenvalue weighted by Gasteiger charge is 2.18. The molecule has 0 aliphatic rings. The number of anilines is 1. The van der Waals surface area contributed by atoms with E-state index in [0.29, 0.717) is 27.2 Å². The molecule has 2 rings (SSSR count). The molecule has 0 bridgehead atoms. The van der Waals surface area contributed by atoms with Crippen molar-refractivity contribution in [2.45, 2.75) is 13.0 Å². The summed E-state index contributed by atoms with van der Waals surface area (Å²) >= 11 is 3.18. The van der Waals surface area contributed by atoms with Gasteiger partial charge in [0.25, 0.3) is 5.91 Å². The number of methoxy groups -OCH3 is 1. The molecule has 0 aromatic heterocycles. The Labute approximate surface area is 147 Å². The van der Waals surface area contributed by atoms with Gasteiger partial charge in [-0.05, 0) is 59.3 Å². The average Bonchev–Trinajstić information content (AvgIpc) is 2.57. The lowest BCUT2D eigenvalue weighted by Crippen LogP contribution is -2.30. The van der Waals surface area contributed by atoms with Crippen LogP contribution in [0.1, 0.15) is 12.5 Å². The smallest absolute Gasteiger partial charge is 0.265 e. The molecule has 0 aliphatic heterocycles. The number of hydrogen-bond donors (Lipinski definition) is 1. The lowest BCUT2D eigenvalue weighted by Gasteiger charge is -2.17. The van der Waals surface area contributed by atoms with E-state index in [9.17, 15) is 9.18 Å². The Kier molecular flexibility index (Phi) is 5.77. The first-order chi connectivity index (χ1) is 11.4. The van der Waals surface area contributed by atoms with Crippen molar-refractivity contribution in [2.24, 2.45) is 0 Å². The molecule has 2 aromatic carbocycles. The number of nitrogens with one attached hydrogen (secondary N) is 1. The second-order valence-electron chi connectivity index (χ2n) is 4.85. The van der Waals surface area contributed by atoms with Crippen LogP contribution in [0.5, 0.6) is 11.5 Å². The Morgan fingerprint density at radius 1 is 1.29 bits per heavy atom. The zero-order chi connectivity index (χ0) is 17.7. The van der Waals surface area contributed by atoms with E-state index in [1.54, 1.807) is 19.1 Å². The van der Waals surface area contributed by atoms with Crippen LogP contribution in [0.15, 0.2) is 40.9 Å². The van der Waals surface area contributed by atoms with Gasteiger partial charge in [0.05, 0.1) is 28.9 Å². The molecule has 1 unspecified atom stereocenters. The van der Waals surface area contributed by atoms with Gasteiger partial charge in [0.15, 0.2) is 6.10 Å². The molecule has 124 valence electrons. The number of hydrogen-bond acceptors (Lipinski definition) is 4. The summed E-state index contributed by atoms with van der Waals surface area (Å²) in [6.45, 7) is 1.56. The van der Waals surface area contributed by atoms with E-state index in [1.807, 2.05) is 6.07 Å². The van der Waals surface area contributed by atoms with Crippen molar-refractivity contribution in [3.05, 3.63) is 52.3 Å². The van der Waals surface area contributed by atoms with Gasteiger partial charge in [-0.15, -0.1) is 0 Å². The van der Waals surface area contributed by atoms with Crippen LogP contribution in [0.2, 0.25) is 0 Å². The van der Waals surface area contributed by atoms with Crippen molar-refractivity contribution in [3.8, 4) is 17.6 Å². The van der Waals surface area contributed by atoms with Crippen LogP contribution in [0.25, 0.3) is 0 Å². The van der Waals surface area contributed by atoms with Crippen molar-refractivity contribution in [1.29, 1.82) is 5.26 Å². The van der Waals surface area contributed by atoms with E-state index >= 15 is 0 Å². The van der Waals surface area contributed by atoms with Crippen LogP contribution in [-0.2, 0) is 4.79 Å². The van der Waals surface area contributed by atoms with Gasteiger partial charge < -0.3 is 14.8 Å². The van der Waals surface area contributed by atoms with Crippen LogP contribution in [0.3, 0.4) is 0 Å². The summed E-state index contributed by atoms with van der Waals surface area (Å²) in [6.07, 6.45) is -0.845. The topological polar surface area (TPSA) is 71.3 Å².